The average Bonchev–Trinajstić information content (AvgIpc) is 2.77. The topological polar surface area (TPSA) is 28.2 Å². The van der Waals surface area contributed by atoms with E-state index in [1.807, 2.05) is 17.5 Å². The zero-order chi connectivity index (χ0) is 13.9. The molecule has 0 saturated carbocycles. The van der Waals surface area contributed by atoms with Crippen LogP contribution in [-0.2, 0) is 6.54 Å². The summed E-state index contributed by atoms with van der Waals surface area (Å²) in [5.74, 6) is 0.705. The first-order valence-electron chi connectivity index (χ1n) is 7.37. The van der Waals surface area contributed by atoms with Gasteiger partial charge in [0.2, 0.25) is 0 Å². The molecule has 1 N–H and O–H groups in total. The minimum Gasteiger partial charge on any atom is -0.348 e. The van der Waals surface area contributed by atoms with E-state index < -0.39 is 0 Å². The SMILES string of the molecule is CC(C)CNCc1cnc(N2CCC(C)(C)CC2)s1. The van der Waals surface area contributed by atoms with E-state index in [0.29, 0.717) is 11.3 Å². The standard InChI is InChI=1S/C15H27N3S/c1-12(2)9-16-10-13-11-17-14(19-13)18-7-5-15(3,4)6-8-18/h11-12,16H,5-10H2,1-4H3. The molecule has 108 valence electrons. The second-order valence-corrected chi connectivity index (χ2v) is 7.88. The van der Waals surface area contributed by atoms with Gasteiger partial charge in [0.05, 0.1) is 0 Å². The molecule has 1 fully saturated rings. The number of thiazole rings is 1. The molecule has 0 aromatic carbocycles. The molecular weight excluding hydrogens is 254 g/mol. The van der Waals surface area contributed by atoms with Crippen LogP contribution in [0.4, 0.5) is 5.13 Å². The molecule has 2 rings (SSSR count). The maximum absolute atomic E-state index is 4.59. The van der Waals surface area contributed by atoms with Crippen LogP contribution in [0, 0.1) is 11.3 Å². The van der Waals surface area contributed by atoms with Gasteiger partial charge in [-0.1, -0.05) is 27.7 Å². The van der Waals surface area contributed by atoms with Gasteiger partial charge in [0.15, 0.2) is 5.13 Å². The third-order valence-electron chi connectivity index (χ3n) is 3.78. The molecule has 0 spiro atoms. The van der Waals surface area contributed by atoms with Crippen LogP contribution in [0.2, 0.25) is 0 Å². The van der Waals surface area contributed by atoms with Crippen LogP contribution in [0.15, 0.2) is 6.20 Å². The summed E-state index contributed by atoms with van der Waals surface area (Å²) >= 11 is 1.84. The normalized spacial score (nSPS) is 19.1. The van der Waals surface area contributed by atoms with Crippen molar-refractivity contribution in [3.8, 4) is 0 Å². The molecule has 1 saturated heterocycles. The second kappa shape index (κ2) is 6.23. The number of hydrogen-bond donors (Lipinski definition) is 1. The number of piperidine rings is 1. The summed E-state index contributed by atoms with van der Waals surface area (Å²) < 4.78 is 0. The monoisotopic (exact) mass is 281 g/mol. The largest absolute Gasteiger partial charge is 0.348 e. The van der Waals surface area contributed by atoms with Crippen molar-refractivity contribution in [2.75, 3.05) is 24.5 Å². The van der Waals surface area contributed by atoms with Crippen LogP contribution < -0.4 is 10.2 Å². The number of anilines is 1. The van der Waals surface area contributed by atoms with Gasteiger partial charge in [0, 0.05) is 30.7 Å². The minimum atomic E-state index is 0.509. The highest BCUT2D eigenvalue weighted by Gasteiger charge is 2.26. The highest BCUT2D eigenvalue weighted by atomic mass is 32.1. The van der Waals surface area contributed by atoms with E-state index >= 15 is 0 Å². The summed E-state index contributed by atoms with van der Waals surface area (Å²) in [5.41, 5.74) is 0.509. The molecule has 3 nitrogen and oxygen atoms in total. The number of nitrogens with zero attached hydrogens (tertiary/aromatic N) is 2. The van der Waals surface area contributed by atoms with Crippen molar-refractivity contribution in [1.29, 1.82) is 0 Å². The Balaban J connectivity index is 1.84. The highest BCUT2D eigenvalue weighted by molar-refractivity contribution is 7.15. The summed E-state index contributed by atoms with van der Waals surface area (Å²) in [5, 5.41) is 4.69. The molecule has 1 aliphatic heterocycles. The maximum atomic E-state index is 4.59. The van der Waals surface area contributed by atoms with Crippen molar-refractivity contribution < 1.29 is 0 Å². The van der Waals surface area contributed by atoms with Crippen LogP contribution in [0.25, 0.3) is 0 Å². The first kappa shape index (κ1) is 14.8. The van der Waals surface area contributed by atoms with Crippen LogP contribution in [-0.4, -0.2) is 24.6 Å². The van der Waals surface area contributed by atoms with Gasteiger partial charge < -0.3 is 10.2 Å². The smallest absolute Gasteiger partial charge is 0.185 e. The van der Waals surface area contributed by atoms with E-state index in [-0.39, 0.29) is 0 Å². The van der Waals surface area contributed by atoms with Crippen LogP contribution in [0.5, 0.6) is 0 Å². The Bertz CT molecular complexity index is 388. The second-order valence-electron chi connectivity index (χ2n) is 6.79. The van der Waals surface area contributed by atoms with E-state index in [9.17, 15) is 0 Å². The zero-order valence-corrected chi connectivity index (χ0v) is 13.5. The molecule has 1 aromatic rings. The lowest BCUT2D eigenvalue weighted by Gasteiger charge is -2.36. The number of aromatic nitrogens is 1. The molecule has 0 amide bonds. The molecule has 0 atom stereocenters. The third kappa shape index (κ3) is 4.46. The highest BCUT2D eigenvalue weighted by Crippen LogP contribution is 2.33. The number of rotatable bonds is 5. The van der Waals surface area contributed by atoms with E-state index in [1.54, 1.807) is 0 Å². The summed E-state index contributed by atoms with van der Waals surface area (Å²) in [7, 11) is 0. The summed E-state index contributed by atoms with van der Waals surface area (Å²) in [6, 6.07) is 0. The van der Waals surface area contributed by atoms with Crippen molar-refractivity contribution in [2.45, 2.75) is 47.1 Å². The fourth-order valence-electron chi connectivity index (χ4n) is 2.31. The summed E-state index contributed by atoms with van der Waals surface area (Å²) in [6.07, 6.45) is 4.58. The molecule has 0 bridgehead atoms. The lowest BCUT2D eigenvalue weighted by molar-refractivity contribution is 0.280. The van der Waals surface area contributed by atoms with Gasteiger partial charge >= 0.3 is 0 Å². The first-order valence-corrected chi connectivity index (χ1v) is 8.18. The molecule has 19 heavy (non-hydrogen) atoms. The quantitative estimate of drug-likeness (QED) is 0.895. The molecule has 0 aliphatic carbocycles. The molecule has 0 radical (unpaired) electrons. The van der Waals surface area contributed by atoms with Crippen molar-refractivity contribution in [3.63, 3.8) is 0 Å². The predicted molar refractivity (Wildman–Crippen MR) is 83.9 cm³/mol. The number of nitrogens with one attached hydrogen (secondary N) is 1. The molecule has 1 aromatic heterocycles. The molecule has 4 heteroatoms. The van der Waals surface area contributed by atoms with Gasteiger partial charge in [-0.25, -0.2) is 4.98 Å². The van der Waals surface area contributed by atoms with Crippen LogP contribution in [0.1, 0.15) is 45.4 Å². The van der Waals surface area contributed by atoms with Crippen LogP contribution in [0.3, 0.4) is 0 Å². The van der Waals surface area contributed by atoms with Gasteiger partial charge in [-0.2, -0.15) is 0 Å². The van der Waals surface area contributed by atoms with Crippen molar-refractivity contribution >= 4 is 16.5 Å². The Labute approximate surface area is 121 Å². The minimum absolute atomic E-state index is 0.509. The molecule has 0 unspecified atom stereocenters. The maximum Gasteiger partial charge on any atom is 0.185 e. The first-order chi connectivity index (χ1) is 8.96. The van der Waals surface area contributed by atoms with Crippen molar-refractivity contribution in [3.05, 3.63) is 11.1 Å². The molecule has 2 heterocycles. The average molecular weight is 281 g/mol. The van der Waals surface area contributed by atoms with Gasteiger partial charge in [0.1, 0.15) is 0 Å². The van der Waals surface area contributed by atoms with Gasteiger partial charge in [-0.05, 0) is 30.7 Å². The lowest BCUT2D eigenvalue weighted by Crippen LogP contribution is -2.37. The Morgan fingerprint density at radius 1 is 1.37 bits per heavy atom. The van der Waals surface area contributed by atoms with Crippen molar-refractivity contribution in [1.82, 2.24) is 10.3 Å². The fourth-order valence-corrected chi connectivity index (χ4v) is 3.24. The Morgan fingerprint density at radius 2 is 2.05 bits per heavy atom. The molecular formula is C15H27N3S. The van der Waals surface area contributed by atoms with E-state index in [2.05, 4.69) is 42.9 Å². The molecule has 1 aliphatic rings. The number of hydrogen-bond acceptors (Lipinski definition) is 4. The Hall–Kier alpha value is -0.610. The Kier molecular flexibility index (Phi) is 4.85. The fraction of sp³-hybridized carbons (Fsp3) is 0.800. The van der Waals surface area contributed by atoms with Gasteiger partial charge in [-0.15, -0.1) is 11.3 Å². The zero-order valence-electron chi connectivity index (χ0n) is 12.7. The van der Waals surface area contributed by atoms with Crippen LogP contribution >= 0.6 is 11.3 Å². The summed E-state index contributed by atoms with van der Waals surface area (Å²) in [4.78, 5) is 8.38. The third-order valence-corrected chi connectivity index (χ3v) is 4.84. The van der Waals surface area contributed by atoms with Gasteiger partial charge in [-0.3, -0.25) is 0 Å². The Morgan fingerprint density at radius 3 is 2.68 bits per heavy atom. The summed E-state index contributed by atoms with van der Waals surface area (Å²) in [6.45, 7) is 13.5. The van der Waals surface area contributed by atoms with E-state index in [1.165, 1.54) is 22.9 Å². The lowest BCUT2D eigenvalue weighted by atomic mass is 9.83. The van der Waals surface area contributed by atoms with E-state index in [0.717, 1.165) is 26.2 Å². The van der Waals surface area contributed by atoms with Gasteiger partial charge in [0.25, 0.3) is 0 Å². The van der Waals surface area contributed by atoms with E-state index in [4.69, 9.17) is 0 Å². The predicted octanol–water partition coefficient (Wildman–Crippen LogP) is 3.52. The van der Waals surface area contributed by atoms with Crippen molar-refractivity contribution in [2.24, 2.45) is 11.3 Å².